The van der Waals surface area contributed by atoms with Gasteiger partial charge in [-0.15, -0.1) is 0 Å². The first-order chi connectivity index (χ1) is 9.75. The third-order valence-electron chi connectivity index (χ3n) is 4.00. The monoisotopic (exact) mass is 275 g/mol. The number of piperidine rings is 1. The smallest absolute Gasteiger partial charge is 0.271 e. The number of hydrogen-bond donors (Lipinski definition) is 2. The summed E-state index contributed by atoms with van der Waals surface area (Å²) in [5.74, 6) is 0.144. The summed E-state index contributed by atoms with van der Waals surface area (Å²) in [5.41, 5.74) is 5.71. The van der Waals surface area contributed by atoms with Crippen LogP contribution in [-0.2, 0) is 0 Å². The van der Waals surface area contributed by atoms with E-state index < -0.39 is 5.91 Å². The van der Waals surface area contributed by atoms with Gasteiger partial charge in [-0.2, -0.15) is 0 Å². The highest BCUT2D eigenvalue weighted by Gasteiger charge is 2.34. The molecule has 1 unspecified atom stereocenters. The van der Waals surface area contributed by atoms with Crippen molar-refractivity contribution in [3.8, 4) is 0 Å². The second-order valence-corrected chi connectivity index (χ2v) is 5.62. The van der Waals surface area contributed by atoms with E-state index >= 15 is 0 Å². The van der Waals surface area contributed by atoms with Gasteiger partial charge in [0.15, 0.2) is 11.5 Å². The second kappa shape index (κ2) is 5.75. The zero-order valence-electron chi connectivity index (χ0n) is 11.6. The average molecular weight is 275 g/mol. The van der Waals surface area contributed by atoms with Gasteiger partial charge in [0, 0.05) is 31.0 Å². The Bertz CT molecular complexity index is 482. The van der Waals surface area contributed by atoms with E-state index in [0.717, 1.165) is 25.9 Å². The van der Waals surface area contributed by atoms with Crippen molar-refractivity contribution in [1.29, 1.82) is 0 Å². The number of anilines is 1. The molecule has 20 heavy (non-hydrogen) atoms. The van der Waals surface area contributed by atoms with E-state index in [1.165, 1.54) is 25.5 Å². The van der Waals surface area contributed by atoms with Crippen LogP contribution >= 0.6 is 0 Å². The SMILES string of the molecule is NC(=O)c1nccnc1N(CC1CCCCN1)C1CC1. The number of nitrogens with zero attached hydrogens (tertiary/aromatic N) is 3. The maximum absolute atomic E-state index is 11.5. The van der Waals surface area contributed by atoms with Crippen molar-refractivity contribution in [2.45, 2.75) is 44.2 Å². The van der Waals surface area contributed by atoms with Crippen LogP contribution in [0.1, 0.15) is 42.6 Å². The molecule has 1 saturated heterocycles. The molecule has 3 N–H and O–H groups in total. The van der Waals surface area contributed by atoms with Gasteiger partial charge in [-0.1, -0.05) is 6.42 Å². The van der Waals surface area contributed by atoms with Crippen LogP contribution in [0.3, 0.4) is 0 Å². The first kappa shape index (κ1) is 13.3. The van der Waals surface area contributed by atoms with E-state index in [4.69, 9.17) is 5.73 Å². The standard InChI is InChI=1S/C14H21N5O/c15-13(20)12-14(18-8-7-17-12)19(11-4-5-11)9-10-3-1-2-6-16-10/h7-8,10-11,16H,1-6,9H2,(H2,15,20). The number of amides is 1. The van der Waals surface area contributed by atoms with Crippen LogP contribution in [0.25, 0.3) is 0 Å². The molecule has 1 aromatic heterocycles. The number of aromatic nitrogens is 2. The van der Waals surface area contributed by atoms with Gasteiger partial charge in [0.05, 0.1) is 0 Å². The van der Waals surface area contributed by atoms with Crippen LogP contribution in [-0.4, -0.2) is 41.0 Å². The number of hydrogen-bond acceptors (Lipinski definition) is 5. The topological polar surface area (TPSA) is 84.1 Å². The van der Waals surface area contributed by atoms with E-state index in [2.05, 4.69) is 20.2 Å². The molecule has 1 saturated carbocycles. The molecule has 1 aliphatic carbocycles. The molecule has 1 atom stereocenters. The molecule has 6 nitrogen and oxygen atoms in total. The van der Waals surface area contributed by atoms with Crippen molar-refractivity contribution in [2.24, 2.45) is 5.73 Å². The second-order valence-electron chi connectivity index (χ2n) is 5.62. The van der Waals surface area contributed by atoms with E-state index in [1.54, 1.807) is 6.20 Å². The molecule has 0 aromatic carbocycles. The maximum atomic E-state index is 11.5. The lowest BCUT2D eigenvalue weighted by atomic mass is 10.0. The summed E-state index contributed by atoms with van der Waals surface area (Å²) in [6.45, 7) is 1.95. The molecule has 3 rings (SSSR count). The summed E-state index contributed by atoms with van der Waals surface area (Å²) in [5, 5.41) is 3.54. The number of rotatable bonds is 5. The molecule has 2 fully saturated rings. The van der Waals surface area contributed by atoms with Gasteiger partial charge in [-0.05, 0) is 32.2 Å². The summed E-state index contributed by atoms with van der Waals surface area (Å²) in [4.78, 5) is 22.2. The van der Waals surface area contributed by atoms with E-state index in [-0.39, 0.29) is 5.69 Å². The van der Waals surface area contributed by atoms with Gasteiger partial charge >= 0.3 is 0 Å². The van der Waals surface area contributed by atoms with Gasteiger partial charge in [0.25, 0.3) is 5.91 Å². The molecule has 2 heterocycles. The van der Waals surface area contributed by atoms with Crippen LogP contribution in [0.4, 0.5) is 5.82 Å². The third-order valence-corrected chi connectivity index (χ3v) is 4.00. The number of carbonyl (C=O) groups is 1. The highest BCUT2D eigenvalue weighted by Crippen LogP contribution is 2.32. The lowest BCUT2D eigenvalue weighted by Crippen LogP contribution is -2.45. The van der Waals surface area contributed by atoms with E-state index in [9.17, 15) is 4.79 Å². The molecule has 108 valence electrons. The molecule has 1 amide bonds. The molecular formula is C14H21N5O. The average Bonchev–Trinajstić information content (AvgIpc) is 3.30. The zero-order valence-corrected chi connectivity index (χ0v) is 11.6. The van der Waals surface area contributed by atoms with Crippen molar-refractivity contribution in [2.75, 3.05) is 18.0 Å². The number of nitrogens with one attached hydrogen (secondary N) is 1. The first-order valence-corrected chi connectivity index (χ1v) is 7.36. The summed E-state index contributed by atoms with van der Waals surface area (Å²) in [7, 11) is 0. The Morgan fingerprint density at radius 3 is 2.75 bits per heavy atom. The fourth-order valence-electron chi connectivity index (χ4n) is 2.83. The first-order valence-electron chi connectivity index (χ1n) is 7.36. The molecule has 0 bridgehead atoms. The number of primary amides is 1. The Balaban J connectivity index is 1.81. The lowest BCUT2D eigenvalue weighted by Gasteiger charge is -2.31. The molecule has 1 aliphatic heterocycles. The highest BCUT2D eigenvalue weighted by molar-refractivity contribution is 5.95. The summed E-state index contributed by atoms with van der Waals surface area (Å²) < 4.78 is 0. The normalized spacial score (nSPS) is 22.5. The van der Waals surface area contributed by atoms with Crippen LogP contribution < -0.4 is 16.0 Å². The fourth-order valence-corrected chi connectivity index (χ4v) is 2.83. The molecule has 2 aliphatic rings. The van der Waals surface area contributed by atoms with Crippen LogP contribution in [0.5, 0.6) is 0 Å². The molecule has 1 aromatic rings. The van der Waals surface area contributed by atoms with Gasteiger partial charge < -0.3 is 16.0 Å². The van der Waals surface area contributed by atoms with E-state index in [0.29, 0.717) is 17.9 Å². The number of nitrogens with two attached hydrogens (primary N) is 1. The van der Waals surface area contributed by atoms with Gasteiger partial charge in [0.1, 0.15) is 0 Å². The van der Waals surface area contributed by atoms with Crippen LogP contribution in [0.2, 0.25) is 0 Å². The predicted octanol–water partition coefficient (Wildman–Crippen LogP) is 0.686. The van der Waals surface area contributed by atoms with Gasteiger partial charge in [0.2, 0.25) is 0 Å². The third kappa shape index (κ3) is 2.90. The van der Waals surface area contributed by atoms with E-state index in [1.807, 2.05) is 0 Å². The number of carbonyl (C=O) groups excluding carboxylic acids is 1. The minimum Gasteiger partial charge on any atom is -0.364 e. The van der Waals surface area contributed by atoms with Crippen molar-refractivity contribution in [3.05, 3.63) is 18.1 Å². The van der Waals surface area contributed by atoms with Crippen molar-refractivity contribution >= 4 is 11.7 Å². The minimum atomic E-state index is -0.504. The fraction of sp³-hybridized carbons (Fsp3) is 0.643. The van der Waals surface area contributed by atoms with Crippen molar-refractivity contribution in [1.82, 2.24) is 15.3 Å². The Labute approximate surface area is 118 Å². The van der Waals surface area contributed by atoms with Gasteiger partial charge in [-0.25, -0.2) is 9.97 Å². The Kier molecular flexibility index (Phi) is 3.82. The lowest BCUT2D eigenvalue weighted by molar-refractivity contribution is 0.0995. The summed E-state index contributed by atoms with van der Waals surface area (Å²) in [6.07, 6.45) is 9.15. The van der Waals surface area contributed by atoms with Gasteiger partial charge in [-0.3, -0.25) is 4.79 Å². The summed E-state index contributed by atoms with van der Waals surface area (Å²) >= 11 is 0. The van der Waals surface area contributed by atoms with Crippen molar-refractivity contribution in [3.63, 3.8) is 0 Å². The largest absolute Gasteiger partial charge is 0.364 e. The minimum absolute atomic E-state index is 0.287. The zero-order chi connectivity index (χ0) is 13.9. The van der Waals surface area contributed by atoms with Crippen molar-refractivity contribution < 1.29 is 4.79 Å². The highest BCUT2D eigenvalue weighted by atomic mass is 16.1. The maximum Gasteiger partial charge on any atom is 0.271 e. The molecule has 0 spiro atoms. The van der Waals surface area contributed by atoms with Crippen LogP contribution in [0, 0.1) is 0 Å². The predicted molar refractivity (Wildman–Crippen MR) is 76.6 cm³/mol. The molecule has 6 heteroatoms. The van der Waals surface area contributed by atoms with Crippen LogP contribution in [0.15, 0.2) is 12.4 Å². The summed E-state index contributed by atoms with van der Waals surface area (Å²) in [6, 6.07) is 0.945. The Morgan fingerprint density at radius 2 is 2.10 bits per heavy atom. The molecule has 0 radical (unpaired) electrons. The Hall–Kier alpha value is -1.69. The Morgan fingerprint density at radius 1 is 1.30 bits per heavy atom. The quantitative estimate of drug-likeness (QED) is 0.826. The molecular weight excluding hydrogens is 254 g/mol.